The molecule has 2 aliphatic rings. The zero-order valence-electron chi connectivity index (χ0n) is 12.8. The van der Waals surface area contributed by atoms with Gasteiger partial charge in [-0.1, -0.05) is 12.1 Å². The highest BCUT2D eigenvalue weighted by molar-refractivity contribution is 7.99. The van der Waals surface area contributed by atoms with Gasteiger partial charge in [-0.3, -0.25) is 4.90 Å². The summed E-state index contributed by atoms with van der Waals surface area (Å²) in [5, 5.41) is 0. The van der Waals surface area contributed by atoms with Crippen LogP contribution in [0.25, 0.3) is 0 Å². The van der Waals surface area contributed by atoms with Crippen LogP contribution in [0, 0.1) is 5.92 Å². The number of rotatable bonds is 4. The largest absolute Gasteiger partial charge is 0.490 e. The van der Waals surface area contributed by atoms with E-state index in [2.05, 4.69) is 36.2 Å². The predicted octanol–water partition coefficient (Wildman–Crippen LogP) is 2.91. The lowest BCUT2D eigenvalue weighted by molar-refractivity contribution is 0.211. The van der Waals surface area contributed by atoms with Crippen molar-refractivity contribution >= 4 is 11.8 Å². The maximum absolute atomic E-state index is 6.09. The average molecular weight is 306 g/mol. The van der Waals surface area contributed by atoms with Crippen LogP contribution in [0.4, 0.5) is 0 Å². The van der Waals surface area contributed by atoms with Gasteiger partial charge in [-0.2, -0.15) is 11.8 Å². The monoisotopic (exact) mass is 306 g/mol. The van der Waals surface area contributed by atoms with E-state index in [0.717, 1.165) is 24.6 Å². The van der Waals surface area contributed by atoms with Crippen LogP contribution in [0.5, 0.6) is 5.75 Å². The first kappa shape index (κ1) is 15.2. The number of ether oxygens (including phenoxy) is 1. The van der Waals surface area contributed by atoms with E-state index in [1.54, 1.807) is 0 Å². The second-order valence-electron chi connectivity index (χ2n) is 6.32. The first-order valence-electron chi connectivity index (χ1n) is 8.01. The topological polar surface area (TPSA) is 38.5 Å². The summed E-state index contributed by atoms with van der Waals surface area (Å²) in [6, 6.07) is 9.24. The Hall–Kier alpha value is -0.710. The lowest BCUT2D eigenvalue weighted by Gasteiger charge is -2.23. The smallest absolute Gasteiger partial charge is 0.119 e. The average Bonchev–Trinajstić information content (AvgIpc) is 2.90. The minimum absolute atomic E-state index is 0.394. The normalized spacial score (nSPS) is 30.5. The third-order valence-electron chi connectivity index (χ3n) is 4.65. The third kappa shape index (κ3) is 3.74. The van der Waals surface area contributed by atoms with Crippen molar-refractivity contribution in [1.29, 1.82) is 0 Å². The third-order valence-corrected chi connectivity index (χ3v) is 5.84. The maximum atomic E-state index is 6.09. The number of nitrogens with two attached hydrogens (primary N) is 1. The molecule has 0 radical (unpaired) electrons. The van der Waals surface area contributed by atoms with E-state index < -0.39 is 0 Å². The number of nitrogens with zero attached hydrogens (tertiary/aromatic N) is 1. The van der Waals surface area contributed by atoms with Gasteiger partial charge in [0.25, 0.3) is 0 Å². The number of thioether (sulfide) groups is 1. The Balaban J connectivity index is 1.61. The molecule has 3 nitrogen and oxygen atoms in total. The molecule has 2 N–H and O–H groups in total. The fourth-order valence-corrected chi connectivity index (χ4v) is 4.47. The van der Waals surface area contributed by atoms with Crippen LogP contribution < -0.4 is 10.5 Å². The second kappa shape index (κ2) is 7.03. The van der Waals surface area contributed by atoms with Gasteiger partial charge in [0.15, 0.2) is 0 Å². The van der Waals surface area contributed by atoms with E-state index in [1.807, 2.05) is 11.8 Å². The SMILES string of the molecule is CN1CC(CN)CC1c1ccc(OC2CCCSC2)cc1. The van der Waals surface area contributed by atoms with E-state index in [1.165, 1.54) is 30.6 Å². The summed E-state index contributed by atoms with van der Waals surface area (Å²) in [7, 11) is 2.20. The molecule has 21 heavy (non-hydrogen) atoms. The Labute approximate surface area is 132 Å². The molecule has 0 aliphatic carbocycles. The van der Waals surface area contributed by atoms with Crippen molar-refractivity contribution in [2.75, 3.05) is 31.6 Å². The summed E-state index contributed by atoms with van der Waals surface area (Å²) < 4.78 is 6.09. The summed E-state index contributed by atoms with van der Waals surface area (Å²) in [5.74, 6) is 4.07. The van der Waals surface area contributed by atoms with Crippen molar-refractivity contribution in [3.63, 3.8) is 0 Å². The van der Waals surface area contributed by atoms with Gasteiger partial charge in [-0.05, 0) is 62.2 Å². The molecule has 0 amide bonds. The Morgan fingerprint density at radius 2 is 2.14 bits per heavy atom. The van der Waals surface area contributed by atoms with E-state index in [0.29, 0.717) is 18.1 Å². The molecular formula is C17H26N2OS. The molecule has 2 aliphatic heterocycles. The fourth-order valence-electron chi connectivity index (χ4n) is 3.43. The van der Waals surface area contributed by atoms with Gasteiger partial charge in [0.1, 0.15) is 11.9 Å². The zero-order chi connectivity index (χ0) is 14.7. The van der Waals surface area contributed by atoms with Crippen molar-refractivity contribution in [2.45, 2.75) is 31.4 Å². The molecule has 0 bridgehead atoms. The first-order chi connectivity index (χ1) is 10.3. The van der Waals surface area contributed by atoms with Crippen LogP contribution in [0.2, 0.25) is 0 Å². The first-order valence-corrected chi connectivity index (χ1v) is 9.16. The van der Waals surface area contributed by atoms with Crippen LogP contribution in [-0.4, -0.2) is 42.6 Å². The second-order valence-corrected chi connectivity index (χ2v) is 7.47. The van der Waals surface area contributed by atoms with Gasteiger partial charge in [-0.15, -0.1) is 0 Å². The maximum Gasteiger partial charge on any atom is 0.119 e. The molecular weight excluding hydrogens is 280 g/mol. The molecule has 116 valence electrons. The Kier molecular flexibility index (Phi) is 5.09. The molecule has 0 aromatic heterocycles. The molecule has 2 fully saturated rings. The van der Waals surface area contributed by atoms with Crippen molar-refractivity contribution in [3.05, 3.63) is 29.8 Å². The molecule has 1 aromatic carbocycles. The van der Waals surface area contributed by atoms with Gasteiger partial charge < -0.3 is 10.5 Å². The number of benzene rings is 1. The molecule has 3 rings (SSSR count). The summed E-state index contributed by atoms with van der Waals surface area (Å²) in [6.07, 6.45) is 4.04. The quantitative estimate of drug-likeness (QED) is 0.928. The molecule has 0 spiro atoms. The molecule has 2 heterocycles. The van der Waals surface area contributed by atoms with Gasteiger partial charge in [0.05, 0.1) is 0 Å². The van der Waals surface area contributed by atoms with E-state index in [-0.39, 0.29) is 0 Å². The van der Waals surface area contributed by atoms with Crippen molar-refractivity contribution in [1.82, 2.24) is 4.90 Å². The standard InChI is InChI=1S/C17H26N2OS/c1-19-11-13(10-18)9-17(19)14-4-6-15(7-5-14)20-16-3-2-8-21-12-16/h4-7,13,16-17H,2-3,8-12,18H2,1H3. The van der Waals surface area contributed by atoms with Crippen molar-refractivity contribution < 1.29 is 4.74 Å². The zero-order valence-corrected chi connectivity index (χ0v) is 13.6. The number of hydrogen-bond donors (Lipinski definition) is 1. The Morgan fingerprint density at radius 3 is 2.76 bits per heavy atom. The van der Waals surface area contributed by atoms with Gasteiger partial charge >= 0.3 is 0 Å². The summed E-state index contributed by atoms with van der Waals surface area (Å²) in [6.45, 7) is 1.90. The van der Waals surface area contributed by atoms with Gasteiger partial charge in [0.2, 0.25) is 0 Å². The highest BCUT2D eigenvalue weighted by Gasteiger charge is 2.29. The lowest BCUT2D eigenvalue weighted by Crippen LogP contribution is -2.23. The molecule has 1 aromatic rings. The molecule has 4 heteroatoms. The Morgan fingerprint density at radius 1 is 1.33 bits per heavy atom. The minimum Gasteiger partial charge on any atom is -0.490 e. The van der Waals surface area contributed by atoms with E-state index in [4.69, 9.17) is 10.5 Å². The highest BCUT2D eigenvalue weighted by atomic mass is 32.2. The van der Waals surface area contributed by atoms with Crippen LogP contribution in [0.15, 0.2) is 24.3 Å². The van der Waals surface area contributed by atoms with Gasteiger partial charge in [-0.25, -0.2) is 0 Å². The van der Waals surface area contributed by atoms with Crippen molar-refractivity contribution in [2.24, 2.45) is 11.7 Å². The molecule has 2 saturated heterocycles. The van der Waals surface area contributed by atoms with E-state index in [9.17, 15) is 0 Å². The lowest BCUT2D eigenvalue weighted by atomic mass is 10.00. The molecule has 3 atom stereocenters. The minimum atomic E-state index is 0.394. The molecule has 0 saturated carbocycles. The van der Waals surface area contributed by atoms with Crippen LogP contribution in [0.1, 0.15) is 30.9 Å². The summed E-state index contributed by atoms with van der Waals surface area (Å²) in [4.78, 5) is 2.42. The highest BCUT2D eigenvalue weighted by Crippen LogP contribution is 2.34. The fraction of sp³-hybridized carbons (Fsp3) is 0.647. The number of likely N-dealkylation sites (tertiary alicyclic amines) is 1. The van der Waals surface area contributed by atoms with Crippen molar-refractivity contribution in [3.8, 4) is 5.75 Å². The summed E-state index contributed by atoms with van der Waals surface area (Å²) >= 11 is 2.01. The van der Waals surface area contributed by atoms with Gasteiger partial charge in [0, 0.05) is 18.3 Å². The Bertz CT molecular complexity index is 445. The summed E-state index contributed by atoms with van der Waals surface area (Å²) in [5.41, 5.74) is 7.20. The molecule has 3 unspecified atom stereocenters. The van der Waals surface area contributed by atoms with Crippen LogP contribution >= 0.6 is 11.8 Å². The van der Waals surface area contributed by atoms with E-state index >= 15 is 0 Å². The van der Waals surface area contributed by atoms with Crippen LogP contribution in [0.3, 0.4) is 0 Å². The van der Waals surface area contributed by atoms with Crippen LogP contribution in [-0.2, 0) is 0 Å². The number of hydrogen-bond acceptors (Lipinski definition) is 4. The predicted molar refractivity (Wildman–Crippen MR) is 89.9 cm³/mol.